The maximum absolute atomic E-state index is 12.8. The quantitative estimate of drug-likeness (QED) is 0.151. The van der Waals surface area contributed by atoms with Crippen LogP contribution in [0.2, 0.25) is 0 Å². The van der Waals surface area contributed by atoms with Crippen molar-refractivity contribution in [2.75, 3.05) is 5.32 Å². The van der Waals surface area contributed by atoms with Crippen molar-refractivity contribution in [1.29, 1.82) is 0 Å². The predicted octanol–water partition coefficient (Wildman–Crippen LogP) is 10.3. The van der Waals surface area contributed by atoms with Crippen molar-refractivity contribution < 1.29 is 14.6 Å². The molecular weight excluding hydrogens is 693 g/mol. The van der Waals surface area contributed by atoms with Crippen molar-refractivity contribution in [3.05, 3.63) is 90.0 Å². The number of carbonyl (C=O) groups is 1. The van der Waals surface area contributed by atoms with Crippen LogP contribution in [-0.4, -0.2) is 47.0 Å². The molecule has 4 fully saturated rings. The van der Waals surface area contributed by atoms with E-state index in [1.807, 2.05) is 60.9 Å². The maximum Gasteiger partial charge on any atom is 0.355 e. The van der Waals surface area contributed by atoms with E-state index < -0.39 is 5.97 Å². The van der Waals surface area contributed by atoms with Gasteiger partial charge in [0.15, 0.2) is 10.8 Å². The van der Waals surface area contributed by atoms with Gasteiger partial charge in [0, 0.05) is 47.1 Å². The molecule has 0 spiro atoms. The summed E-state index contributed by atoms with van der Waals surface area (Å²) in [5.74, 6) is -1.06. The number of hydrogen-bond donors (Lipinski definition) is 2. The van der Waals surface area contributed by atoms with Crippen molar-refractivity contribution in [3.8, 4) is 22.4 Å². The number of carboxylic acid groups (broad SMARTS) is 1. The summed E-state index contributed by atoms with van der Waals surface area (Å²) in [6.07, 6.45) is 10.5. The molecule has 0 aliphatic heterocycles. The molecule has 278 valence electrons. The molecule has 2 unspecified atom stereocenters. The summed E-state index contributed by atoms with van der Waals surface area (Å²) in [6, 6.07) is 19.9. The third-order valence-electron chi connectivity index (χ3n) is 12.0. The fraction of sp³-hybridized carbons (Fsp3) is 0.432. The lowest BCUT2D eigenvalue weighted by atomic mass is 9.39. The standard InChI is InChI=1S/C44H48N6O3S/c1-27-32(19-47-50(27)26-43-21-41(5)20-42(6,22-43)24-44(23-41,25-43)53-40(2,3)4)30-12-14-33(48-37(30)38(51)52)28-11-13-34-31(17-28)29(15-16-45-34)18-46-39-49-35-9-7-8-10-36(35)54-39/h7-17,19H,18,20-26H2,1-6H3,(H,46,49)(H,51,52). The van der Waals surface area contributed by atoms with Crippen LogP contribution in [0.25, 0.3) is 43.5 Å². The van der Waals surface area contributed by atoms with Crippen LogP contribution in [0, 0.1) is 23.2 Å². The number of pyridine rings is 2. The zero-order valence-corrected chi connectivity index (χ0v) is 32.8. The Balaban J connectivity index is 1.00. The van der Waals surface area contributed by atoms with Crippen molar-refractivity contribution >= 4 is 43.6 Å². The average molecular weight is 741 g/mol. The van der Waals surface area contributed by atoms with E-state index in [0.29, 0.717) is 17.8 Å². The molecule has 2 N–H and O–H groups in total. The number of rotatable bonds is 9. The van der Waals surface area contributed by atoms with Crippen LogP contribution in [-0.2, 0) is 17.8 Å². The fourth-order valence-corrected chi connectivity index (χ4v) is 12.4. The van der Waals surface area contributed by atoms with Gasteiger partial charge in [-0.05, 0) is 130 Å². The summed E-state index contributed by atoms with van der Waals surface area (Å²) in [4.78, 5) is 26.9. The van der Waals surface area contributed by atoms with Gasteiger partial charge >= 0.3 is 5.97 Å². The Morgan fingerprint density at radius 1 is 0.926 bits per heavy atom. The van der Waals surface area contributed by atoms with Gasteiger partial charge in [-0.15, -0.1) is 0 Å². The molecule has 2 atom stereocenters. The highest BCUT2D eigenvalue weighted by atomic mass is 32.1. The first kappa shape index (κ1) is 35.1. The van der Waals surface area contributed by atoms with E-state index in [-0.39, 0.29) is 33.1 Å². The normalized spacial score (nSPS) is 26.2. The van der Waals surface area contributed by atoms with Crippen molar-refractivity contribution in [2.45, 2.75) is 104 Å². The number of aromatic carboxylic acids is 1. The molecule has 4 heterocycles. The van der Waals surface area contributed by atoms with Crippen LogP contribution >= 0.6 is 11.3 Å². The Bertz CT molecular complexity index is 2400. The Morgan fingerprint density at radius 3 is 2.44 bits per heavy atom. The zero-order valence-electron chi connectivity index (χ0n) is 32.0. The van der Waals surface area contributed by atoms with Gasteiger partial charge in [0.2, 0.25) is 0 Å². The molecule has 4 saturated carbocycles. The number of hydrogen-bond acceptors (Lipinski definition) is 8. The SMILES string of the molecule is Cc1c(-c2ccc(-c3ccc4nccc(CNc5nc6ccccc6s5)c4c3)nc2C(=O)O)cnn1CC12CC3(C)CC(C)(C1)CC(OC(C)(C)C)(C3)C2. The van der Waals surface area contributed by atoms with Gasteiger partial charge in [-0.25, -0.2) is 14.8 Å². The second kappa shape index (κ2) is 12.2. The third-order valence-corrected chi connectivity index (χ3v) is 13.0. The molecule has 0 radical (unpaired) electrons. The number of ether oxygens (including phenoxy) is 1. The van der Waals surface area contributed by atoms with Crippen molar-refractivity contribution in [1.82, 2.24) is 24.7 Å². The summed E-state index contributed by atoms with van der Waals surface area (Å²) in [7, 11) is 0. The van der Waals surface area contributed by atoms with Gasteiger partial charge in [-0.1, -0.05) is 43.4 Å². The van der Waals surface area contributed by atoms with Crippen LogP contribution < -0.4 is 5.32 Å². The summed E-state index contributed by atoms with van der Waals surface area (Å²) in [6.45, 7) is 14.9. The first-order valence-electron chi connectivity index (χ1n) is 19.1. The minimum absolute atomic E-state index is 0.0199. The van der Waals surface area contributed by atoms with Crippen LogP contribution in [0.3, 0.4) is 0 Å². The van der Waals surface area contributed by atoms with Crippen molar-refractivity contribution in [2.24, 2.45) is 16.2 Å². The number of nitrogens with zero attached hydrogens (tertiary/aromatic N) is 5. The lowest BCUT2D eigenvalue weighted by molar-refractivity contribution is -0.275. The number of fused-ring (bicyclic) bond motifs is 2. The largest absolute Gasteiger partial charge is 0.476 e. The highest BCUT2D eigenvalue weighted by molar-refractivity contribution is 7.22. The third kappa shape index (κ3) is 6.27. The van der Waals surface area contributed by atoms with Gasteiger partial charge in [-0.3, -0.25) is 9.67 Å². The second-order valence-corrected chi connectivity index (χ2v) is 19.4. The predicted molar refractivity (Wildman–Crippen MR) is 215 cm³/mol. The maximum atomic E-state index is 12.8. The first-order chi connectivity index (χ1) is 25.6. The van der Waals surface area contributed by atoms with E-state index in [1.54, 1.807) is 11.3 Å². The van der Waals surface area contributed by atoms with Crippen LogP contribution in [0.15, 0.2) is 73.1 Å². The van der Waals surface area contributed by atoms with E-state index in [9.17, 15) is 9.90 Å². The monoisotopic (exact) mass is 740 g/mol. The number of thiazole rings is 1. The summed E-state index contributed by atoms with van der Waals surface area (Å²) >= 11 is 1.63. The molecule has 10 rings (SSSR count). The lowest BCUT2D eigenvalue weighted by Gasteiger charge is -2.70. The second-order valence-electron chi connectivity index (χ2n) is 18.3. The Hall–Kier alpha value is -4.67. The van der Waals surface area contributed by atoms with Crippen LogP contribution in [0.4, 0.5) is 5.13 Å². The lowest BCUT2D eigenvalue weighted by Crippen LogP contribution is -2.65. The molecule has 54 heavy (non-hydrogen) atoms. The van der Waals surface area contributed by atoms with Crippen molar-refractivity contribution in [3.63, 3.8) is 0 Å². The number of benzene rings is 2. The molecule has 0 amide bonds. The molecule has 4 aromatic heterocycles. The molecule has 6 aromatic rings. The van der Waals surface area contributed by atoms with Gasteiger partial charge < -0.3 is 15.2 Å². The fourth-order valence-electron chi connectivity index (χ4n) is 11.6. The van der Waals surface area contributed by atoms with E-state index in [0.717, 1.165) is 87.3 Å². The molecule has 10 heteroatoms. The molecule has 4 aliphatic carbocycles. The Kier molecular flexibility index (Phi) is 7.90. The van der Waals surface area contributed by atoms with E-state index in [4.69, 9.17) is 19.8 Å². The molecule has 4 aliphatic rings. The van der Waals surface area contributed by atoms with Crippen LogP contribution in [0.5, 0.6) is 0 Å². The summed E-state index contributed by atoms with van der Waals surface area (Å²) in [5.41, 5.74) is 6.91. The summed E-state index contributed by atoms with van der Waals surface area (Å²) in [5, 5.41) is 20.8. The first-order valence-corrected chi connectivity index (χ1v) is 19.9. The minimum atomic E-state index is -1.06. The Labute approximate surface area is 320 Å². The number of nitrogens with one attached hydrogen (secondary N) is 1. The number of carboxylic acids is 1. The van der Waals surface area contributed by atoms with E-state index in [2.05, 4.69) is 68.7 Å². The van der Waals surface area contributed by atoms with Gasteiger partial charge in [0.05, 0.1) is 38.8 Å². The van der Waals surface area contributed by atoms with Crippen LogP contribution in [0.1, 0.15) is 94.9 Å². The number of para-hydroxylation sites is 1. The molecule has 0 saturated heterocycles. The molecular formula is C44H48N6O3S. The molecule has 2 aromatic carbocycles. The number of anilines is 1. The zero-order chi connectivity index (χ0) is 37.7. The van der Waals surface area contributed by atoms with Gasteiger partial charge in [0.25, 0.3) is 0 Å². The van der Waals surface area contributed by atoms with E-state index in [1.165, 1.54) is 6.42 Å². The van der Waals surface area contributed by atoms with Gasteiger partial charge in [0.1, 0.15) is 0 Å². The topological polar surface area (TPSA) is 115 Å². The molecule has 4 bridgehead atoms. The summed E-state index contributed by atoms with van der Waals surface area (Å²) < 4.78 is 10.2. The number of aromatic nitrogens is 5. The smallest absolute Gasteiger partial charge is 0.355 e. The highest BCUT2D eigenvalue weighted by Crippen LogP contribution is 2.72. The highest BCUT2D eigenvalue weighted by Gasteiger charge is 2.66. The Morgan fingerprint density at radius 2 is 1.70 bits per heavy atom. The average Bonchev–Trinajstić information content (AvgIpc) is 3.66. The molecule has 9 nitrogen and oxygen atoms in total. The van der Waals surface area contributed by atoms with E-state index >= 15 is 0 Å². The van der Waals surface area contributed by atoms with Gasteiger partial charge in [-0.2, -0.15) is 5.10 Å². The minimum Gasteiger partial charge on any atom is -0.476 e.